The summed E-state index contributed by atoms with van der Waals surface area (Å²) < 4.78 is 0. The SMILES string of the molecule is CC.CC12CCC3C(CCC4CCCCC43C)C1CCC2C#N. The molecule has 0 aromatic rings. The highest BCUT2D eigenvalue weighted by atomic mass is 14.6. The van der Waals surface area contributed by atoms with Crippen LogP contribution < -0.4 is 0 Å². The normalized spacial score (nSPS) is 51.3. The maximum atomic E-state index is 9.55. The van der Waals surface area contributed by atoms with E-state index in [9.17, 15) is 5.26 Å². The van der Waals surface area contributed by atoms with E-state index in [1.54, 1.807) is 0 Å². The first kappa shape index (κ1) is 17.3. The molecule has 1 nitrogen and oxygen atoms in total. The van der Waals surface area contributed by atoms with E-state index in [0.717, 1.165) is 23.7 Å². The summed E-state index contributed by atoms with van der Waals surface area (Å²) in [5.41, 5.74) is 1.00. The van der Waals surface area contributed by atoms with Crippen molar-refractivity contribution in [2.45, 2.75) is 91.9 Å². The van der Waals surface area contributed by atoms with Crippen LogP contribution in [0.3, 0.4) is 0 Å². The minimum atomic E-state index is 0.348. The molecule has 130 valence electrons. The minimum absolute atomic E-state index is 0.348. The molecular formula is C22H37N. The molecule has 7 unspecified atom stereocenters. The van der Waals surface area contributed by atoms with Gasteiger partial charge in [0.2, 0.25) is 0 Å². The molecule has 0 aliphatic heterocycles. The molecule has 0 bridgehead atoms. The van der Waals surface area contributed by atoms with Crippen LogP contribution >= 0.6 is 0 Å². The summed E-state index contributed by atoms with van der Waals surface area (Å²) >= 11 is 0. The molecule has 1 heteroatoms. The monoisotopic (exact) mass is 315 g/mol. The molecule has 0 amide bonds. The van der Waals surface area contributed by atoms with Crippen molar-refractivity contribution in [2.75, 3.05) is 0 Å². The van der Waals surface area contributed by atoms with Crippen LogP contribution in [0, 0.1) is 51.8 Å². The van der Waals surface area contributed by atoms with E-state index in [-0.39, 0.29) is 0 Å². The molecule has 4 fully saturated rings. The Bertz CT molecular complexity index is 463. The van der Waals surface area contributed by atoms with E-state index >= 15 is 0 Å². The van der Waals surface area contributed by atoms with Crippen molar-refractivity contribution in [3.8, 4) is 6.07 Å². The van der Waals surface area contributed by atoms with Gasteiger partial charge in [0.05, 0.1) is 12.0 Å². The van der Waals surface area contributed by atoms with Gasteiger partial charge < -0.3 is 0 Å². The van der Waals surface area contributed by atoms with Gasteiger partial charge in [0.1, 0.15) is 0 Å². The maximum Gasteiger partial charge on any atom is 0.0661 e. The van der Waals surface area contributed by atoms with Crippen LogP contribution in [0.4, 0.5) is 0 Å². The van der Waals surface area contributed by atoms with Gasteiger partial charge in [-0.1, -0.05) is 40.5 Å². The smallest absolute Gasteiger partial charge is 0.0661 e. The van der Waals surface area contributed by atoms with E-state index in [0.29, 0.717) is 16.7 Å². The fraction of sp³-hybridized carbons (Fsp3) is 0.955. The number of nitriles is 1. The molecule has 0 heterocycles. The highest BCUT2D eigenvalue weighted by molar-refractivity contribution is 5.12. The molecule has 4 aliphatic rings. The van der Waals surface area contributed by atoms with E-state index < -0.39 is 0 Å². The van der Waals surface area contributed by atoms with Crippen molar-refractivity contribution in [2.24, 2.45) is 40.4 Å². The van der Waals surface area contributed by atoms with Gasteiger partial charge in [0, 0.05) is 0 Å². The fourth-order valence-corrected chi connectivity index (χ4v) is 7.51. The molecule has 0 N–H and O–H groups in total. The average molecular weight is 316 g/mol. The van der Waals surface area contributed by atoms with Crippen LogP contribution in [0.5, 0.6) is 0 Å². The van der Waals surface area contributed by atoms with Crippen molar-refractivity contribution in [1.29, 1.82) is 5.26 Å². The van der Waals surface area contributed by atoms with E-state index in [1.807, 2.05) is 13.8 Å². The third kappa shape index (κ3) is 2.47. The van der Waals surface area contributed by atoms with Crippen LogP contribution in [-0.4, -0.2) is 0 Å². The van der Waals surface area contributed by atoms with E-state index in [4.69, 9.17) is 0 Å². The van der Waals surface area contributed by atoms with Gasteiger partial charge in [0.15, 0.2) is 0 Å². The summed E-state index contributed by atoms with van der Waals surface area (Å²) in [5.74, 6) is 4.15. The summed E-state index contributed by atoms with van der Waals surface area (Å²) in [4.78, 5) is 0. The van der Waals surface area contributed by atoms with Crippen LogP contribution in [0.1, 0.15) is 91.9 Å². The zero-order valence-corrected chi connectivity index (χ0v) is 15.9. The average Bonchev–Trinajstić information content (AvgIpc) is 2.92. The standard InChI is InChI=1S/C20H31N.C2H6/c1-19-11-4-3-5-14(19)6-8-16-17-9-7-15(13-21)20(17,2)12-10-18(16)19;1-2/h14-18H,3-12H2,1-2H3;1-2H3. The van der Waals surface area contributed by atoms with Gasteiger partial charge in [-0.15, -0.1) is 0 Å². The predicted molar refractivity (Wildman–Crippen MR) is 96.8 cm³/mol. The number of rotatable bonds is 0. The molecule has 4 aliphatic carbocycles. The number of fused-ring (bicyclic) bond motifs is 5. The molecule has 0 aromatic carbocycles. The maximum absolute atomic E-state index is 9.55. The van der Waals surface area contributed by atoms with Gasteiger partial charge in [-0.2, -0.15) is 5.26 Å². The second-order valence-electron chi connectivity index (χ2n) is 9.21. The Hall–Kier alpha value is -0.510. The number of nitrogens with zero attached hydrogens (tertiary/aromatic N) is 1. The molecule has 23 heavy (non-hydrogen) atoms. The second kappa shape index (κ2) is 6.42. The summed E-state index contributed by atoms with van der Waals surface area (Å²) in [7, 11) is 0. The summed E-state index contributed by atoms with van der Waals surface area (Å²) in [6, 6.07) is 2.66. The molecule has 0 aromatic heterocycles. The Morgan fingerprint density at radius 2 is 1.52 bits per heavy atom. The highest BCUT2D eigenvalue weighted by Gasteiger charge is 2.59. The summed E-state index contributed by atoms with van der Waals surface area (Å²) in [6.07, 6.45) is 14.2. The summed E-state index contributed by atoms with van der Waals surface area (Å²) in [6.45, 7) is 9.11. The van der Waals surface area contributed by atoms with Gasteiger partial charge in [0.25, 0.3) is 0 Å². The van der Waals surface area contributed by atoms with Crippen molar-refractivity contribution in [3.05, 3.63) is 0 Å². The van der Waals surface area contributed by atoms with E-state index in [2.05, 4.69) is 19.9 Å². The zero-order valence-electron chi connectivity index (χ0n) is 15.9. The van der Waals surface area contributed by atoms with Crippen LogP contribution in [-0.2, 0) is 0 Å². The second-order valence-corrected chi connectivity index (χ2v) is 9.21. The quantitative estimate of drug-likeness (QED) is 0.495. The zero-order chi connectivity index (χ0) is 16.7. The molecule has 4 saturated carbocycles. The molecule has 0 radical (unpaired) electrons. The first-order valence-corrected chi connectivity index (χ1v) is 10.5. The van der Waals surface area contributed by atoms with Gasteiger partial charge in [-0.05, 0) is 85.9 Å². The van der Waals surface area contributed by atoms with Gasteiger partial charge in [-0.25, -0.2) is 0 Å². The van der Waals surface area contributed by atoms with Crippen LogP contribution in [0.15, 0.2) is 0 Å². The molecule has 4 rings (SSSR count). The van der Waals surface area contributed by atoms with E-state index in [1.165, 1.54) is 64.2 Å². The molecule has 0 saturated heterocycles. The third-order valence-electron chi connectivity index (χ3n) is 8.74. The lowest BCUT2D eigenvalue weighted by Crippen LogP contribution is -2.52. The third-order valence-corrected chi connectivity index (χ3v) is 8.74. The Morgan fingerprint density at radius 1 is 0.783 bits per heavy atom. The van der Waals surface area contributed by atoms with Crippen molar-refractivity contribution in [3.63, 3.8) is 0 Å². The molecular weight excluding hydrogens is 278 g/mol. The lowest BCUT2D eigenvalue weighted by atomic mass is 9.45. The van der Waals surface area contributed by atoms with Gasteiger partial charge >= 0.3 is 0 Å². The van der Waals surface area contributed by atoms with Crippen LogP contribution in [0.25, 0.3) is 0 Å². The highest BCUT2D eigenvalue weighted by Crippen LogP contribution is 2.67. The molecule has 0 spiro atoms. The topological polar surface area (TPSA) is 23.8 Å². The lowest BCUT2D eigenvalue weighted by Gasteiger charge is -2.60. The first-order chi connectivity index (χ1) is 11.1. The van der Waals surface area contributed by atoms with Gasteiger partial charge in [-0.3, -0.25) is 0 Å². The van der Waals surface area contributed by atoms with Crippen LogP contribution in [0.2, 0.25) is 0 Å². The Kier molecular flexibility index (Phi) is 4.83. The molecule has 7 atom stereocenters. The van der Waals surface area contributed by atoms with Crippen molar-refractivity contribution in [1.82, 2.24) is 0 Å². The largest absolute Gasteiger partial charge is 0.198 e. The number of hydrogen-bond acceptors (Lipinski definition) is 1. The lowest BCUT2D eigenvalue weighted by molar-refractivity contribution is -0.107. The first-order valence-electron chi connectivity index (χ1n) is 10.5. The predicted octanol–water partition coefficient (Wildman–Crippen LogP) is 6.59. The van der Waals surface area contributed by atoms with Crippen molar-refractivity contribution >= 4 is 0 Å². The Labute approximate surface area is 144 Å². The number of hydrogen-bond donors (Lipinski definition) is 0. The minimum Gasteiger partial charge on any atom is -0.198 e. The fourth-order valence-electron chi connectivity index (χ4n) is 7.51. The Morgan fingerprint density at radius 3 is 2.26 bits per heavy atom. The van der Waals surface area contributed by atoms with Crippen molar-refractivity contribution < 1.29 is 0 Å². The summed E-state index contributed by atoms with van der Waals surface area (Å²) in [5, 5.41) is 9.55. The Balaban J connectivity index is 0.000000753.